The van der Waals surface area contributed by atoms with Crippen molar-refractivity contribution in [3.05, 3.63) is 29.8 Å². The maximum Gasteiger partial charge on any atom is 0.254 e. The Bertz CT molecular complexity index is 498. The van der Waals surface area contributed by atoms with E-state index in [0.717, 1.165) is 5.75 Å². The highest BCUT2D eigenvalue weighted by Gasteiger charge is 2.35. The molecule has 1 heterocycles. The molecule has 0 saturated carbocycles. The summed E-state index contributed by atoms with van der Waals surface area (Å²) in [5.74, 6) is 0.791. The molecule has 5 nitrogen and oxygen atoms in total. The predicted molar refractivity (Wildman–Crippen MR) is 84.3 cm³/mol. The molecule has 122 valence electrons. The molecular weight excluding hydrogens is 282 g/mol. The molecule has 1 aliphatic heterocycles. The van der Waals surface area contributed by atoms with Gasteiger partial charge in [-0.3, -0.25) is 4.79 Å². The summed E-state index contributed by atoms with van der Waals surface area (Å²) < 4.78 is 16.5. The van der Waals surface area contributed by atoms with E-state index in [9.17, 15) is 4.79 Å². The molecular formula is C17H25NO4. The van der Waals surface area contributed by atoms with Gasteiger partial charge < -0.3 is 19.1 Å². The third-order valence-corrected chi connectivity index (χ3v) is 3.53. The molecule has 2 rings (SSSR count). The first-order chi connectivity index (χ1) is 10.4. The van der Waals surface area contributed by atoms with Gasteiger partial charge in [0.05, 0.1) is 24.9 Å². The minimum absolute atomic E-state index is 0.0144. The summed E-state index contributed by atoms with van der Waals surface area (Å²) >= 11 is 0. The van der Waals surface area contributed by atoms with Crippen molar-refractivity contribution in [2.75, 3.05) is 33.4 Å². The number of morpholine rings is 1. The van der Waals surface area contributed by atoms with Crippen LogP contribution in [0.2, 0.25) is 0 Å². The molecule has 0 radical (unpaired) electrons. The lowest BCUT2D eigenvalue weighted by Gasteiger charge is -2.42. The fourth-order valence-electron chi connectivity index (χ4n) is 2.77. The van der Waals surface area contributed by atoms with Crippen molar-refractivity contribution in [2.45, 2.75) is 32.5 Å². The smallest absolute Gasteiger partial charge is 0.254 e. The van der Waals surface area contributed by atoms with Crippen molar-refractivity contribution in [1.82, 2.24) is 4.90 Å². The average molecular weight is 307 g/mol. The first-order valence-corrected chi connectivity index (χ1v) is 7.64. The summed E-state index contributed by atoms with van der Waals surface area (Å²) in [6.45, 7) is 8.13. The van der Waals surface area contributed by atoms with Crippen LogP contribution < -0.4 is 4.74 Å². The Labute approximate surface area is 132 Å². The van der Waals surface area contributed by atoms with Crippen LogP contribution in [0.1, 0.15) is 31.1 Å². The Balaban J connectivity index is 2.09. The highest BCUT2D eigenvalue weighted by molar-refractivity contribution is 5.94. The maximum absolute atomic E-state index is 12.7. The van der Waals surface area contributed by atoms with Gasteiger partial charge in [0.1, 0.15) is 5.75 Å². The molecule has 1 saturated heterocycles. The number of hydrogen-bond acceptors (Lipinski definition) is 4. The van der Waals surface area contributed by atoms with Crippen molar-refractivity contribution in [2.24, 2.45) is 0 Å². The van der Waals surface area contributed by atoms with Crippen LogP contribution in [0.15, 0.2) is 24.3 Å². The second-order valence-electron chi connectivity index (χ2n) is 6.10. The van der Waals surface area contributed by atoms with Crippen molar-refractivity contribution in [3.8, 4) is 5.75 Å². The minimum atomic E-state index is -0.373. The van der Waals surface area contributed by atoms with E-state index in [1.807, 2.05) is 37.8 Å². The predicted octanol–water partition coefficient (Wildman–Crippen LogP) is 2.35. The van der Waals surface area contributed by atoms with Gasteiger partial charge in [-0.05, 0) is 45.0 Å². The zero-order chi connectivity index (χ0) is 16.2. The van der Waals surface area contributed by atoms with Gasteiger partial charge in [-0.15, -0.1) is 0 Å². The van der Waals surface area contributed by atoms with Crippen LogP contribution in [-0.4, -0.2) is 55.9 Å². The normalized spacial score (nSPS) is 20.7. The highest BCUT2D eigenvalue weighted by atomic mass is 16.5. The summed E-state index contributed by atoms with van der Waals surface area (Å²) in [6.07, 6.45) is -0.0969. The molecule has 0 unspecified atom stereocenters. The van der Waals surface area contributed by atoms with E-state index >= 15 is 0 Å². The monoisotopic (exact) mass is 307 g/mol. The lowest BCUT2D eigenvalue weighted by molar-refractivity contribution is -0.143. The summed E-state index contributed by atoms with van der Waals surface area (Å²) in [6, 6.07) is 7.27. The summed E-state index contributed by atoms with van der Waals surface area (Å²) in [7, 11) is 1.64. The third kappa shape index (κ3) is 4.21. The summed E-state index contributed by atoms with van der Waals surface area (Å²) in [5.41, 5.74) is 0.292. The Morgan fingerprint density at radius 3 is 2.64 bits per heavy atom. The Hall–Kier alpha value is -1.59. The molecule has 0 N–H and O–H groups in total. The Kier molecular flexibility index (Phi) is 5.42. The van der Waals surface area contributed by atoms with Crippen LogP contribution in [0.3, 0.4) is 0 Å². The maximum atomic E-state index is 12.7. The van der Waals surface area contributed by atoms with Crippen molar-refractivity contribution in [1.29, 1.82) is 0 Å². The van der Waals surface area contributed by atoms with Gasteiger partial charge >= 0.3 is 0 Å². The fourth-order valence-corrected chi connectivity index (χ4v) is 2.77. The van der Waals surface area contributed by atoms with Gasteiger partial charge in [0.2, 0.25) is 0 Å². The molecule has 0 aromatic heterocycles. The number of carbonyl (C=O) groups excluding carboxylic acids is 1. The molecule has 5 heteroatoms. The number of amides is 1. The number of nitrogens with zero attached hydrogens (tertiary/aromatic N) is 1. The van der Waals surface area contributed by atoms with Crippen LogP contribution >= 0.6 is 0 Å². The van der Waals surface area contributed by atoms with Gasteiger partial charge in [0.25, 0.3) is 5.91 Å². The fraction of sp³-hybridized carbons (Fsp3) is 0.588. The van der Waals surface area contributed by atoms with E-state index in [-0.39, 0.29) is 17.6 Å². The largest absolute Gasteiger partial charge is 0.494 e. The minimum Gasteiger partial charge on any atom is -0.494 e. The summed E-state index contributed by atoms with van der Waals surface area (Å²) in [4.78, 5) is 14.5. The van der Waals surface area contributed by atoms with Crippen molar-refractivity contribution in [3.63, 3.8) is 0 Å². The van der Waals surface area contributed by atoms with E-state index < -0.39 is 0 Å². The number of rotatable bonds is 5. The van der Waals surface area contributed by atoms with E-state index in [4.69, 9.17) is 14.2 Å². The van der Waals surface area contributed by atoms with Crippen LogP contribution in [0.5, 0.6) is 5.75 Å². The van der Waals surface area contributed by atoms with Gasteiger partial charge in [0, 0.05) is 25.8 Å². The number of benzene rings is 1. The lowest BCUT2D eigenvalue weighted by atomic mass is 10.0. The zero-order valence-electron chi connectivity index (χ0n) is 13.8. The van der Waals surface area contributed by atoms with Crippen LogP contribution in [0.25, 0.3) is 0 Å². The quantitative estimate of drug-likeness (QED) is 0.838. The van der Waals surface area contributed by atoms with Crippen LogP contribution in [0.4, 0.5) is 0 Å². The molecule has 22 heavy (non-hydrogen) atoms. The van der Waals surface area contributed by atoms with Gasteiger partial charge in [-0.25, -0.2) is 0 Å². The number of carbonyl (C=O) groups is 1. The second kappa shape index (κ2) is 7.11. The Morgan fingerprint density at radius 2 is 2.05 bits per heavy atom. The number of ether oxygens (including phenoxy) is 3. The molecule has 0 aliphatic carbocycles. The molecule has 1 fully saturated rings. The molecule has 0 spiro atoms. The first-order valence-electron chi connectivity index (χ1n) is 7.64. The first kappa shape index (κ1) is 16.8. The Morgan fingerprint density at radius 1 is 1.36 bits per heavy atom. The van der Waals surface area contributed by atoms with Gasteiger partial charge in [0.15, 0.2) is 0 Å². The van der Waals surface area contributed by atoms with Gasteiger partial charge in [-0.2, -0.15) is 0 Å². The second-order valence-corrected chi connectivity index (χ2v) is 6.10. The third-order valence-electron chi connectivity index (χ3n) is 3.53. The highest BCUT2D eigenvalue weighted by Crippen LogP contribution is 2.23. The van der Waals surface area contributed by atoms with Crippen molar-refractivity contribution >= 4 is 5.91 Å². The topological polar surface area (TPSA) is 48.0 Å². The van der Waals surface area contributed by atoms with Crippen LogP contribution in [0, 0.1) is 0 Å². The van der Waals surface area contributed by atoms with E-state index in [2.05, 4.69) is 0 Å². The van der Waals surface area contributed by atoms with Crippen LogP contribution in [-0.2, 0) is 9.47 Å². The van der Waals surface area contributed by atoms with E-state index in [0.29, 0.717) is 31.9 Å². The zero-order valence-corrected chi connectivity index (χ0v) is 13.8. The number of hydrogen-bond donors (Lipinski definition) is 0. The molecule has 1 atom stereocenters. The SMILES string of the molecule is CCOc1ccc(C(=O)N2C[C@H](COC)OC(C)(C)C2)cc1. The summed E-state index contributed by atoms with van der Waals surface area (Å²) in [5, 5.41) is 0. The molecule has 0 bridgehead atoms. The lowest BCUT2D eigenvalue weighted by Crippen LogP contribution is -2.55. The molecule has 1 aliphatic rings. The molecule has 1 aromatic carbocycles. The average Bonchev–Trinajstić information content (AvgIpc) is 2.46. The van der Waals surface area contributed by atoms with E-state index in [1.54, 1.807) is 19.2 Å². The molecule has 1 aromatic rings. The standard InChI is InChI=1S/C17H25NO4/c1-5-21-14-8-6-13(7-9-14)16(19)18-10-15(11-20-4)22-17(2,3)12-18/h6-9,15H,5,10-12H2,1-4H3/t15-/m1/s1. The van der Waals surface area contributed by atoms with E-state index in [1.165, 1.54) is 0 Å². The number of methoxy groups -OCH3 is 1. The molecule has 1 amide bonds. The van der Waals surface area contributed by atoms with Gasteiger partial charge in [-0.1, -0.05) is 0 Å². The van der Waals surface area contributed by atoms with Crippen molar-refractivity contribution < 1.29 is 19.0 Å².